The molecule has 2 N–H and O–H groups in total. The van der Waals surface area contributed by atoms with Gasteiger partial charge in [-0.1, -0.05) is 18.2 Å². The zero-order valence-electron chi connectivity index (χ0n) is 21.7. The van der Waals surface area contributed by atoms with Crippen LogP contribution in [0.4, 0.5) is 26.7 Å². The minimum atomic E-state index is -4.56. The van der Waals surface area contributed by atoms with Gasteiger partial charge in [0, 0.05) is 19.4 Å². The monoisotopic (exact) mass is 575 g/mol. The third kappa shape index (κ3) is 6.58. The molecule has 1 saturated carbocycles. The average Bonchev–Trinajstić information content (AvgIpc) is 3.50. The summed E-state index contributed by atoms with van der Waals surface area (Å²) in [5.41, 5.74) is 2.22. The van der Waals surface area contributed by atoms with Crippen LogP contribution in [0.3, 0.4) is 0 Å². The molecule has 2 aromatic carbocycles. The largest absolute Gasteiger partial charge is 0.438 e. The summed E-state index contributed by atoms with van der Waals surface area (Å²) in [6.07, 6.45) is -5.01. The lowest BCUT2D eigenvalue weighted by atomic mass is 9.82. The SMILES string of the molecule is N#Cc1cccc(CC(=O)N[C@H](c2nc3cc(CN4C[C@@H](C(F)(F)F)NC4=O)ccc3o2)C2CCC(F)(F)CC2)c1. The molecule has 2 heterocycles. The summed E-state index contributed by atoms with van der Waals surface area (Å²) in [6.45, 7) is -0.613. The molecule has 5 rings (SSSR count). The zero-order chi connectivity index (χ0) is 29.4. The smallest absolute Gasteiger partial charge is 0.410 e. The van der Waals surface area contributed by atoms with Gasteiger partial charge in [-0.2, -0.15) is 18.4 Å². The molecular formula is C28H26F5N5O3. The number of fused-ring (bicyclic) bond motifs is 1. The van der Waals surface area contributed by atoms with E-state index in [4.69, 9.17) is 9.68 Å². The Labute approximate surface area is 231 Å². The van der Waals surface area contributed by atoms with E-state index in [1.165, 1.54) is 0 Å². The predicted octanol–water partition coefficient (Wildman–Crippen LogP) is 5.38. The minimum absolute atomic E-state index is 0.0455. The first-order chi connectivity index (χ1) is 19.4. The summed E-state index contributed by atoms with van der Waals surface area (Å²) >= 11 is 0. The average molecular weight is 576 g/mol. The number of nitrogens with one attached hydrogen (secondary N) is 2. The number of benzene rings is 2. The molecule has 2 aliphatic rings. The Hall–Kier alpha value is -4.21. The molecule has 3 amide bonds. The van der Waals surface area contributed by atoms with Crippen molar-refractivity contribution in [1.29, 1.82) is 5.26 Å². The van der Waals surface area contributed by atoms with Crippen LogP contribution < -0.4 is 10.6 Å². The van der Waals surface area contributed by atoms with E-state index in [0.29, 0.717) is 27.8 Å². The molecule has 3 aromatic rings. The highest BCUT2D eigenvalue weighted by Crippen LogP contribution is 2.42. The summed E-state index contributed by atoms with van der Waals surface area (Å²) in [7, 11) is 0. The van der Waals surface area contributed by atoms with E-state index in [1.807, 2.05) is 11.4 Å². The second-order valence-corrected chi connectivity index (χ2v) is 10.5. The zero-order valence-corrected chi connectivity index (χ0v) is 21.7. The number of hydrogen-bond donors (Lipinski definition) is 2. The van der Waals surface area contributed by atoms with Crippen molar-refractivity contribution in [3.63, 3.8) is 0 Å². The van der Waals surface area contributed by atoms with Crippen LogP contribution in [0.15, 0.2) is 46.9 Å². The highest BCUT2D eigenvalue weighted by Gasteiger charge is 2.46. The van der Waals surface area contributed by atoms with Crippen molar-refractivity contribution in [2.24, 2.45) is 5.92 Å². The van der Waals surface area contributed by atoms with Crippen molar-refractivity contribution in [3.8, 4) is 6.07 Å². The molecule has 0 bridgehead atoms. The second-order valence-electron chi connectivity index (χ2n) is 10.5. The highest BCUT2D eigenvalue weighted by atomic mass is 19.4. The van der Waals surface area contributed by atoms with E-state index in [-0.39, 0.29) is 50.5 Å². The van der Waals surface area contributed by atoms with Crippen LogP contribution in [0.2, 0.25) is 0 Å². The topological polar surface area (TPSA) is 111 Å². The number of alkyl halides is 5. The molecule has 1 aliphatic heterocycles. The van der Waals surface area contributed by atoms with E-state index in [2.05, 4.69) is 10.3 Å². The fourth-order valence-corrected chi connectivity index (χ4v) is 5.29. The number of carbonyl (C=O) groups is 2. The number of amides is 3. The lowest BCUT2D eigenvalue weighted by Crippen LogP contribution is -2.40. The van der Waals surface area contributed by atoms with Crippen molar-refractivity contribution in [1.82, 2.24) is 20.5 Å². The molecule has 41 heavy (non-hydrogen) atoms. The number of rotatable bonds is 7. The van der Waals surface area contributed by atoms with Gasteiger partial charge in [-0.25, -0.2) is 18.6 Å². The molecule has 1 aromatic heterocycles. The van der Waals surface area contributed by atoms with Gasteiger partial charge >= 0.3 is 12.2 Å². The number of nitrogens with zero attached hydrogens (tertiary/aromatic N) is 3. The maximum atomic E-state index is 13.9. The molecule has 0 unspecified atom stereocenters. The van der Waals surface area contributed by atoms with Crippen molar-refractivity contribution in [2.75, 3.05) is 6.54 Å². The van der Waals surface area contributed by atoms with Gasteiger partial charge in [0.1, 0.15) is 17.6 Å². The van der Waals surface area contributed by atoms with Gasteiger partial charge < -0.3 is 20.0 Å². The van der Waals surface area contributed by atoms with Crippen LogP contribution in [0.5, 0.6) is 0 Å². The van der Waals surface area contributed by atoms with Crippen LogP contribution in [0.25, 0.3) is 11.1 Å². The number of nitriles is 1. The molecule has 1 saturated heterocycles. The molecule has 8 nitrogen and oxygen atoms in total. The van der Waals surface area contributed by atoms with Crippen LogP contribution >= 0.6 is 0 Å². The standard InChI is InChI=1S/C28H26F5N5O3/c29-27(30)8-6-19(7-9-27)24(37-23(39)12-16-2-1-3-17(10-16)13-34)25-35-20-11-18(4-5-21(20)41-25)14-38-15-22(28(31,32)33)36-26(38)40/h1-5,10-11,19,22,24H,6-9,12,14-15H2,(H,36,40)(H,37,39)/t22-,24-/m0/s1. The third-order valence-electron chi connectivity index (χ3n) is 7.46. The van der Waals surface area contributed by atoms with E-state index in [9.17, 15) is 31.5 Å². The molecule has 2 fully saturated rings. The van der Waals surface area contributed by atoms with E-state index >= 15 is 0 Å². The minimum Gasteiger partial charge on any atom is -0.438 e. The number of oxazole rings is 1. The molecular weight excluding hydrogens is 549 g/mol. The molecule has 0 spiro atoms. The summed E-state index contributed by atoms with van der Waals surface area (Å²) < 4.78 is 72.8. The van der Waals surface area contributed by atoms with Gasteiger partial charge in [-0.15, -0.1) is 0 Å². The van der Waals surface area contributed by atoms with Crippen LogP contribution in [0.1, 0.15) is 54.3 Å². The lowest BCUT2D eigenvalue weighted by Gasteiger charge is -2.32. The summed E-state index contributed by atoms with van der Waals surface area (Å²) in [4.78, 5) is 30.6. The molecule has 13 heteroatoms. The van der Waals surface area contributed by atoms with Gasteiger partial charge in [0.2, 0.25) is 17.7 Å². The highest BCUT2D eigenvalue weighted by molar-refractivity contribution is 5.80. The van der Waals surface area contributed by atoms with E-state index in [0.717, 1.165) is 4.90 Å². The molecule has 1 aliphatic carbocycles. The van der Waals surface area contributed by atoms with Gasteiger partial charge in [0.05, 0.1) is 24.6 Å². The lowest BCUT2D eigenvalue weighted by molar-refractivity contribution is -0.149. The summed E-state index contributed by atoms with van der Waals surface area (Å²) in [6, 6.07) is 9.76. The first-order valence-corrected chi connectivity index (χ1v) is 13.1. The van der Waals surface area contributed by atoms with Gasteiger partial charge in [-0.3, -0.25) is 4.79 Å². The van der Waals surface area contributed by atoms with Crippen LogP contribution in [-0.4, -0.2) is 46.5 Å². The Morgan fingerprint density at radius 3 is 2.63 bits per heavy atom. The Balaban J connectivity index is 1.36. The van der Waals surface area contributed by atoms with E-state index < -0.39 is 42.7 Å². The Morgan fingerprint density at radius 1 is 1.20 bits per heavy atom. The van der Waals surface area contributed by atoms with Gasteiger partial charge in [0.15, 0.2) is 5.58 Å². The second kappa shape index (κ2) is 11.0. The number of halogens is 5. The number of carbonyl (C=O) groups excluding carboxylic acids is 2. The van der Waals surface area contributed by atoms with Crippen LogP contribution in [0, 0.1) is 17.2 Å². The van der Waals surface area contributed by atoms with Gasteiger partial charge in [0.25, 0.3) is 0 Å². The number of urea groups is 1. The fourth-order valence-electron chi connectivity index (χ4n) is 5.29. The predicted molar refractivity (Wildman–Crippen MR) is 135 cm³/mol. The molecule has 0 radical (unpaired) electrons. The maximum Gasteiger partial charge on any atom is 0.410 e. The van der Waals surface area contributed by atoms with Crippen molar-refractivity contribution in [3.05, 3.63) is 65.0 Å². The Kier molecular flexibility index (Phi) is 7.59. The van der Waals surface area contributed by atoms with Gasteiger partial charge in [-0.05, 0) is 54.2 Å². The quantitative estimate of drug-likeness (QED) is 0.368. The van der Waals surface area contributed by atoms with E-state index in [1.54, 1.807) is 42.5 Å². The Bertz CT molecular complexity index is 1490. The summed E-state index contributed by atoms with van der Waals surface area (Å²) in [5.74, 6) is -3.43. The van der Waals surface area contributed by atoms with Crippen molar-refractivity contribution in [2.45, 2.75) is 62.8 Å². The number of hydrogen-bond acceptors (Lipinski definition) is 5. The Morgan fingerprint density at radius 2 is 1.95 bits per heavy atom. The first kappa shape index (κ1) is 28.3. The normalized spacial score (nSPS) is 20.0. The molecule has 2 atom stereocenters. The fraction of sp³-hybridized carbons (Fsp3) is 0.429. The molecule has 216 valence electrons. The number of aromatic nitrogens is 1. The summed E-state index contributed by atoms with van der Waals surface area (Å²) in [5, 5.41) is 13.9. The first-order valence-electron chi connectivity index (χ1n) is 13.1. The van der Waals surface area contributed by atoms with Crippen molar-refractivity contribution >= 4 is 23.0 Å². The maximum absolute atomic E-state index is 13.9. The van der Waals surface area contributed by atoms with Crippen molar-refractivity contribution < 1.29 is 36.0 Å². The van der Waals surface area contributed by atoms with Crippen LogP contribution in [-0.2, 0) is 17.8 Å². The third-order valence-corrected chi connectivity index (χ3v) is 7.46.